The molecule has 0 bridgehead atoms. The van der Waals surface area contributed by atoms with Crippen LogP contribution in [0.25, 0.3) is 0 Å². The Morgan fingerprint density at radius 3 is 0.833 bits per heavy atom. The molecule has 0 spiro atoms. The molecule has 0 aliphatic carbocycles. The summed E-state index contributed by atoms with van der Waals surface area (Å²) in [6.45, 7) is 0. The summed E-state index contributed by atoms with van der Waals surface area (Å²) in [5.74, 6) is 0. The van der Waals surface area contributed by atoms with E-state index < -0.39 is 4.17 Å². The molecule has 0 rings (SSSR count). The molecule has 0 nitrogen and oxygen atoms in total. The van der Waals surface area contributed by atoms with E-state index in [1.165, 1.54) is 0 Å². The Labute approximate surface area is 93.5 Å². The van der Waals surface area contributed by atoms with Gasteiger partial charge < -0.3 is 0 Å². The van der Waals surface area contributed by atoms with Crippen molar-refractivity contribution in [2.75, 3.05) is 0 Å². The van der Waals surface area contributed by atoms with Crippen LogP contribution in [0.5, 0.6) is 0 Å². The summed E-state index contributed by atoms with van der Waals surface area (Å²) in [7, 11) is 0. The first-order valence-corrected chi connectivity index (χ1v) is 62.9. The first kappa shape index (κ1) is 13.2. The molecule has 0 aromatic heterocycles. The molecule has 0 heterocycles. The fourth-order valence-electron chi connectivity index (χ4n) is 0. The van der Waals surface area contributed by atoms with Crippen LogP contribution in [-0.2, 0) is 26.5 Å². The van der Waals surface area contributed by atoms with Crippen LogP contribution in [0.4, 0.5) is 0 Å². The second-order valence-corrected chi connectivity index (χ2v) is 239. The summed E-state index contributed by atoms with van der Waals surface area (Å²) < 4.78 is -1.51. The van der Waals surface area contributed by atoms with Gasteiger partial charge in [0.2, 0.25) is 0 Å². The van der Waals surface area contributed by atoms with Crippen molar-refractivity contribution in [3.05, 3.63) is 0 Å². The zero-order chi connectivity index (χ0) is 4.50. The molecule has 0 fully saturated rings. The van der Waals surface area contributed by atoms with E-state index in [1.54, 1.807) is 0 Å². The van der Waals surface area contributed by atoms with E-state index >= 15 is 0 Å². The third-order valence-corrected chi connectivity index (χ3v) is 0. The van der Waals surface area contributed by atoms with E-state index in [-0.39, 0.29) is 22.4 Å². The topological polar surface area (TPSA) is 0 Å². The molecule has 41 valence electrons. The standard InChI is InChI=1S/Ag.Hg.4HI/h;;4*1H/q;+4;;;;/p-4. The molecule has 0 unspecified atom stereocenters. The molecule has 0 aromatic rings. The molecule has 0 saturated heterocycles. The fourth-order valence-corrected chi connectivity index (χ4v) is 0. The van der Waals surface area contributed by atoms with Crippen LogP contribution in [0.3, 0.4) is 0 Å². The number of rotatable bonds is 0. The van der Waals surface area contributed by atoms with Crippen LogP contribution < -0.4 is 0 Å². The van der Waals surface area contributed by atoms with E-state index in [9.17, 15) is 0 Å². The quantitative estimate of drug-likeness (QED) is 0.260. The molecular formula is AgHgI4. The average molecular weight is 816 g/mol. The van der Waals surface area contributed by atoms with Gasteiger partial charge >= 0.3 is 74.8 Å². The van der Waals surface area contributed by atoms with Gasteiger partial charge in [0.05, 0.1) is 0 Å². The van der Waals surface area contributed by atoms with Crippen molar-refractivity contribution in [1.82, 2.24) is 0 Å². The molecule has 0 aliphatic rings. The minimum absolute atomic E-state index is 0. The molecule has 0 amide bonds. The maximum atomic E-state index is 2.57. The van der Waals surface area contributed by atoms with Gasteiger partial charge in [0, 0.05) is 22.4 Å². The minimum atomic E-state index is -1.51. The van der Waals surface area contributed by atoms with Crippen molar-refractivity contribution < 1.29 is 26.5 Å². The zero-order valence-electron chi connectivity index (χ0n) is 2.52. The number of hydrogen-bond donors (Lipinski definition) is 0. The van der Waals surface area contributed by atoms with Crippen molar-refractivity contribution in [2.24, 2.45) is 0 Å². The van der Waals surface area contributed by atoms with E-state index in [0.29, 0.717) is 0 Å². The fraction of sp³-hybridized carbons (Fsp3) is 0. The van der Waals surface area contributed by atoms with Gasteiger partial charge in [-0.25, -0.2) is 0 Å². The summed E-state index contributed by atoms with van der Waals surface area (Å²) >= 11 is 10.3. The molecule has 6 heavy (non-hydrogen) atoms. The van der Waals surface area contributed by atoms with Crippen LogP contribution in [0, 0.1) is 0 Å². The Bertz CT molecular complexity index is 23.0. The second kappa shape index (κ2) is 6.31. The predicted molar refractivity (Wildman–Crippen MR) is 56.1 cm³/mol. The third-order valence-electron chi connectivity index (χ3n) is 0. The normalized spacial score (nSPS) is 7.33. The van der Waals surface area contributed by atoms with E-state index in [4.69, 9.17) is 0 Å². The van der Waals surface area contributed by atoms with Crippen molar-refractivity contribution in [3.8, 4) is 0 Å². The zero-order valence-corrected chi connectivity index (χ0v) is 18.1. The molecule has 0 saturated carbocycles. The monoisotopic (exact) mass is 816 g/mol. The first-order valence-electron chi connectivity index (χ1n) is 1.07. The Morgan fingerprint density at radius 2 is 0.833 bits per heavy atom. The van der Waals surface area contributed by atoms with E-state index in [2.05, 4.69) is 70.7 Å². The Hall–Kier alpha value is 4.60. The average Bonchev–Trinajstić information content (AvgIpc) is 0.722. The molecule has 0 aliphatic heterocycles. The summed E-state index contributed by atoms with van der Waals surface area (Å²) in [6.07, 6.45) is 0. The van der Waals surface area contributed by atoms with Crippen molar-refractivity contribution in [2.45, 2.75) is 0 Å². The molecule has 0 N–H and O–H groups in total. The van der Waals surface area contributed by atoms with Crippen LogP contribution in [0.2, 0.25) is 0 Å². The van der Waals surface area contributed by atoms with E-state index in [1.807, 2.05) is 0 Å². The van der Waals surface area contributed by atoms with Crippen LogP contribution in [-0.4, -0.2) is 0 Å². The first-order chi connectivity index (χ1) is 2.00. The van der Waals surface area contributed by atoms with Gasteiger partial charge in [0.1, 0.15) is 0 Å². The van der Waals surface area contributed by atoms with E-state index in [0.717, 1.165) is 0 Å². The number of hydrogen-bond acceptors (Lipinski definition) is 0. The number of halogens is 4. The van der Waals surface area contributed by atoms with Gasteiger partial charge in [-0.2, -0.15) is 0 Å². The maximum absolute atomic E-state index is 2.57. The van der Waals surface area contributed by atoms with Crippen LogP contribution >= 0.6 is 70.7 Å². The Balaban J connectivity index is 0. The SMILES string of the molecule is [Ag].[I][Hg]([I])([I])[I]. The van der Waals surface area contributed by atoms with Crippen molar-refractivity contribution in [1.29, 1.82) is 0 Å². The van der Waals surface area contributed by atoms with Gasteiger partial charge in [0.15, 0.2) is 0 Å². The summed E-state index contributed by atoms with van der Waals surface area (Å²) in [5, 5.41) is 0. The van der Waals surface area contributed by atoms with Gasteiger partial charge in [-0.05, 0) is 0 Å². The summed E-state index contributed by atoms with van der Waals surface area (Å²) in [6, 6.07) is 0. The van der Waals surface area contributed by atoms with Crippen LogP contribution in [0.1, 0.15) is 0 Å². The van der Waals surface area contributed by atoms with Gasteiger partial charge in [-0.15, -0.1) is 0 Å². The second-order valence-electron chi connectivity index (χ2n) is 0.606. The molecule has 1 radical (unpaired) electrons. The Kier molecular flexibility index (Phi) is 13.9. The summed E-state index contributed by atoms with van der Waals surface area (Å²) in [4.78, 5) is 0. The van der Waals surface area contributed by atoms with Gasteiger partial charge in [-0.3, -0.25) is 0 Å². The van der Waals surface area contributed by atoms with Crippen molar-refractivity contribution in [3.63, 3.8) is 0 Å². The summed E-state index contributed by atoms with van der Waals surface area (Å²) in [5.41, 5.74) is 0. The predicted octanol–water partition coefficient (Wildman–Crippen LogP) is 3.54. The molecule has 0 atom stereocenters. The molecule has 6 heteroatoms. The molecular weight excluding hydrogens is 816 g/mol. The van der Waals surface area contributed by atoms with Crippen LogP contribution in [0.15, 0.2) is 0 Å². The van der Waals surface area contributed by atoms with Crippen molar-refractivity contribution >= 4 is 70.7 Å². The Morgan fingerprint density at radius 1 is 0.833 bits per heavy atom. The van der Waals surface area contributed by atoms with Gasteiger partial charge in [-0.1, -0.05) is 0 Å². The molecule has 0 aromatic carbocycles. The third kappa shape index (κ3) is 23.5. The van der Waals surface area contributed by atoms with Gasteiger partial charge in [0.25, 0.3) is 0 Å².